The topological polar surface area (TPSA) is 51.2 Å². The molecule has 2 aromatic rings. The average Bonchev–Trinajstić information content (AvgIpc) is 2.41. The summed E-state index contributed by atoms with van der Waals surface area (Å²) in [5.74, 6) is 0. The van der Waals surface area contributed by atoms with Crippen LogP contribution >= 0.6 is 0 Å². The summed E-state index contributed by atoms with van der Waals surface area (Å²) in [6.07, 6.45) is 0.250. The van der Waals surface area contributed by atoms with Crippen LogP contribution in [-0.2, 0) is 20.4 Å². The lowest BCUT2D eigenvalue weighted by Crippen LogP contribution is -1.91. The minimum Gasteiger partial charge on any atom is -0.249 e. The van der Waals surface area contributed by atoms with Crippen molar-refractivity contribution in [2.24, 2.45) is 0 Å². The Morgan fingerprint density at radius 1 is 0.833 bits per heavy atom. The molecular formula is C14H12O3S. The highest BCUT2D eigenvalue weighted by Gasteiger charge is 2.04. The Balaban J connectivity index is 0.000000492. The fourth-order valence-corrected chi connectivity index (χ4v) is 2.40. The summed E-state index contributed by atoms with van der Waals surface area (Å²) in [5.41, 5.74) is 1.18. The Bertz CT molecular complexity index is 541. The van der Waals surface area contributed by atoms with Crippen molar-refractivity contribution >= 4 is 17.0 Å². The number of rotatable bonds is 2. The summed E-state index contributed by atoms with van der Waals surface area (Å²) in [7, 11) is -1.06. The van der Waals surface area contributed by atoms with E-state index < -0.39 is 10.8 Å². The molecule has 0 aliphatic rings. The zero-order valence-electron chi connectivity index (χ0n) is 9.83. The van der Waals surface area contributed by atoms with Crippen LogP contribution in [0.25, 0.3) is 0 Å². The van der Waals surface area contributed by atoms with Crippen LogP contribution in [-0.4, -0.2) is 10.4 Å². The molecular weight excluding hydrogens is 248 g/mol. The lowest BCUT2D eigenvalue weighted by atomic mass is 10.2. The molecule has 92 valence electrons. The minimum absolute atomic E-state index is 0.250. The molecule has 0 saturated carbocycles. The van der Waals surface area contributed by atoms with Gasteiger partial charge in [0.2, 0.25) is 0 Å². The van der Waals surface area contributed by atoms with Crippen LogP contribution in [0.4, 0.5) is 0 Å². The maximum atomic E-state index is 12.1. The Morgan fingerprint density at radius 2 is 1.28 bits per heavy atom. The van der Waals surface area contributed by atoms with E-state index in [0.29, 0.717) is 0 Å². The Morgan fingerprint density at radius 3 is 1.78 bits per heavy atom. The van der Waals surface area contributed by atoms with E-state index in [2.05, 4.69) is 0 Å². The lowest BCUT2D eigenvalue weighted by Gasteiger charge is -2.02. The van der Waals surface area contributed by atoms with Crippen molar-refractivity contribution < 1.29 is 13.8 Å². The molecule has 0 fully saturated rings. The lowest BCUT2D eigenvalue weighted by molar-refractivity contribution is -0.191. The average molecular weight is 260 g/mol. The molecule has 18 heavy (non-hydrogen) atoms. The quantitative estimate of drug-likeness (QED) is 0.834. The molecule has 2 rings (SSSR count). The van der Waals surface area contributed by atoms with E-state index >= 15 is 0 Å². The molecule has 2 aromatic carbocycles. The van der Waals surface area contributed by atoms with Crippen molar-refractivity contribution in [2.45, 2.75) is 16.7 Å². The van der Waals surface area contributed by atoms with Gasteiger partial charge in [0.25, 0.3) is 0 Å². The third kappa shape index (κ3) is 4.09. The Kier molecular flexibility index (Phi) is 5.71. The van der Waals surface area contributed by atoms with Gasteiger partial charge in [0.15, 0.2) is 0 Å². The number of hydrogen-bond donors (Lipinski definition) is 0. The van der Waals surface area contributed by atoms with Gasteiger partial charge < -0.3 is 0 Å². The maximum Gasteiger partial charge on any atom is 0.373 e. The molecule has 4 heteroatoms. The fraction of sp³-hybridized carbons (Fsp3) is 0.0714. The predicted octanol–water partition coefficient (Wildman–Crippen LogP) is 2.58. The van der Waals surface area contributed by atoms with Gasteiger partial charge >= 0.3 is 6.15 Å². The second-order valence-electron chi connectivity index (χ2n) is 3.48. The molecule has 0 bridgehead atoms. The molecule has 0 heterocycles. The van der Waals surface area contributed by atoms with Gasteiger partial charge in [-0.25, -0.2) is 4.21 Å². The number of carbonyl (C=O) groups excluding carboxylic acids is 2. The number of benzene rings is 2. The summed E-state index contributed by atoms with van der Waals surface area (Å²) in [6, 6.07) is 17.3. The summed E-state index contributed by atoms with van der Waals surface area (Å²) < 4.78 is 12.1. The van der Waals surface area contributed by atoms with Gasteiger partial charge in [-0.2, -0.15) is 9.59 Å². The van der Waals surface area contributed by atoms with E-state index in [1.54, 1.807) is 0 Å². The van der Waals surface area contributed by atoms with Crippen molar-refractivity contribution in [3.63, 3.8) is 0 Å². The first-order valence-corrected chi connectivity index (χ1v) is 6.37. The molecule has 0 radical (unpaired) electrons. The van der Waals surface area contributed by atoms with E-state index in [9.17, 15) is 4.21 Å². The van der Waals surface area contributed by atoms with Crippen LogP contribution < -0.4 is 0 Å². The highest BCUT2D eigenvalue weighted by molar-refractivity contribution is 7.85. The molecule has 0 aliphatic carbocycles. The molecule has 0 spiro atoms. The molecule has 0 saturated heterocycles. The van der Waals surface area contributed by atoms with Crippen LogP contribution in [0.2, 0.25) is 0 Å². The van der Waals surface area contributed by atoms with Gasteiger partial charge in [-0.3, -0.25) is 0 Å². The van der Waals surface area contributed by atoms with Crippen LogP contribution in [0, 0.1) is 6.92 Å². The van der Waals surface area contributed by atoms with E-state index in [-0.39, 0.29) is 6.15 Å². The summed E-state index contributed by atoms with van der Waals surface area (Å²) in [5, 5.41) is 0. The predicted molar refractivity (Wildman–Crippen MR) is 67.3 cm³/mol. The normalized spacial score (nSPS) is 10.7. The molecule has 0 aromatic heterocycles. The van der Waals surface area contributed by atoms with Crippen molar-refractivity contribution in [2.75, 3.05) is 0 Å². The first kappa shape index (κ1) is 14.0. The fourth-order valence-electron chi connectivity index (χ4n) is 1.34. The van der Waals surface area contributed by atoms with Crippen LogP contribution in [0.3, 0.4) is 0 Å². The van der Waals surface area contributed by atoms with Crippen molar-refractivity contribution in [3.05, 3.63) is 60.2 Å². The molecule has 1 atom stereocenters. The van der Waals surface area contributed by atoms with Crippen molar-refractivity contribution in [1.82, 2.24) is 0 Å². The molecule has 0 aliphatic heterocycles. The number of aryl methyl sites for hydroxylation is 1. The van der Waals surface area contributed by atoms with Crippen LogP contribution in [0.5, 0.6) is 0 Å². The SMILES string of the molecule is Cc1ccc(S(=O)c2ccccc2)cc1.O=C=O. The third-order valence-corrected chi connectivity index (χ3v) is 3.59. The minimum atomic E-state index is -1.06. The maximum absolute atomic E-state index is 12.1. The van der Waals surface area contributed by atoms with Crippen molar-refractivity contribution in [1.29, 1.82) is 0 Å². The highest BCUT2D eigenvalue weighted by atomic mass is 32.2. The van der Waals surface area contributed by atoms with Crippen LogP contribution in [0.1, 0.15) is 5.56 Å². The van der Waals surface area contributed by atoms with Gasteiger partial charge in [-0.15, -0.1) is 0 Å². The first-order chi connectivity index (χ1) is 8.69. The molecule has 1 unspecified atom stereocenters. The van der Waals surface area contributed by atoms with Crippen molar-refractivity contribution in [3.8, 4) is 0 Å². The summed E-state index contributed by atoms with van der Waals surface area (Å²) in [4.78, 5) is 18.0. The van der Waals surface area contributed by atoms with Gasteiger partial charge in [-0.05, 0) is 31.2 Å². The third-order valence-electron chi connectivity index (χ3n) is 2.19. The second kappa shape index (κ2) is 7.33. The standard InChI is InChI=1S/C13H12OS.CO2/c1-11-7-9-13(10-8-11)15(14)12-5-3-2-4-6-12;2-1-3/h2-10H,1H3;. The zero-order chi connectivity index (χ0) is 13.4. The van der Waals surface area contributed by atoms with E-state index in [1.165, 1.54) is 5.56 Å². The number of hydrogen-bond acceptors (Lipinski definition) is 3. The van der Waals surface area contributed by atoms with Gasteiger partial charge in [0.05, 0.1) is 10.8 Å². The summed E-state index contributed by atoms with van der Waals surface area (Å²) in [6.45, 7) is 2.02. The van der Waals surface area contributed by atoms with E-state index in [0.717, 1.165) is 9.79 Å². The smallest absolute Gasteiger partial charge is 0.249 e. The highest BCUT2D eigenvalue weighted by Crippen LogP contribution is 2.16. The van der Waals surface area contributed by atoms with Gasteiger partial charge in [0, 0.05) is 9.79 Å². The van der Waals surface area contributed by atoms with Gasteiger partial charge in [0.1, 0.15) is 0 Å². The second-order valence-corrected chi connectivity index (χ2v) is 4.96. The largest absolute Gasteiger partial charge is 0.373 e. The Hall–Kier alpha value is -2.03. The molecule has 0 N–H and O–H groups in total. The van der Waals surface area contributed by atoms with Gasteiger partial charge in [-0.1, -0.05) is 35.9 Å². The van der Waals surface area contributed by atoms with E-state index in [4.69, 9.17) is 9.59 Å². The summed E-state index contributed by atoms with van der Waals surface area (Å²) >= 11 is 0. The molecule has 0 amide bonds. The monoisotopic (exact) mass is 260 g/mol. The molecule has 3 nitrogen and oxygen atoms in total. The Labute approximate surface area is 108 Å². The first-order valence-electron chi connectivity index (χ1n) is 5.22. The van der Waals surface area contributed by atoms with E-state index in [1.807, 2.05) is 61.5 Å². The zero-order valence-corrected chi connectivity index (χ0v) is 10.6. The van der Waals surface area contributed by atoms with Crippen LogP contribution in [0.15, 0.2) is 64.4 Å².